The van der Waals surface area contributed by atoms with E-state index in [4.69, 9.17) is 9.47 Å². The molecule has 2 aromatic rings. The van der Waals surface area contributed by atoms with E-state index in [0.717, 1.165) is 49.7 Å². The summed E-state index contributed by atoms with van der Waals surface area (Å²) in [6.07, 6.45) is 3.45. The standard InChI is InChI=1S/C21H28N4O3/c1-15(2)28-21(26)19-16(3)7-8-22-20(19)25-11-9-24(10-12-25)14-17-5-6-18(27-4)23-13-17/h5-8,13,15H,9-12,14H2,1-4H3. The van der Waals surface area contributed by atoms with Gasteiger partial charge in [0.15, 0.2) is 0 Å². The number of aromatic nitrogens is 2. The van der Waals surface area contributed by atoms with Gasteiger partial charge in [-0.15, -0.1) is 0 Å². The highest BCUT2D eigenvalue weighted by Crippen LogP contribution is 2.24. The molecule has 0 amide bonds. The van der Waals surface area contributed by atoms with Crippen molar-refractivity contribution in [2.45, 2.75) is 33.4 Å². The number of methoxy groups -OCH3 is 1. The Balaban J connectivity index is 1.66. The second kappa shape index (κ2) is 9.01. The van der Waals surface area contributed by atoms with Gasteiger partial charge in [-0.25, -0.2) is 14.8 Å². The van der Waals surface area contributed by atoms with Crippen LogP contribution in [0.3, 0.4) is 0 Å². The van der Waals surface area contributed by atoms with Gasteiger partial charge in [-0.05, 0) is 38.0 Å². The molecule has 0 spiro atoms. The monoisotopic (exact) mass is 384 g/mol. The lowest BCUT2D eigenvalue weighted by molar-refractivity contribution is 0.0377. The van der Waals surface area contributed by atoms with Gasteiger partial charge in [0.2, 0.25) is 5.88 Å². The summed E-state index contributed by atoms with van der Waals surface area (Å²) in [7, 11) is 1.62. The van der Waals surface area contributed by atoms with Crippen LogP contribution in [0.1, 0.15) is 35.3 Å². The molecule has 0 unspecified atom stereocenters. The van der Waals surface area contributed by atoms with E-state index in [9.17, 15) is 4.79 Å². The number of carbonyl (C=O) groups is 1. The number of hydrogen-bond donors (Lipinski definition) is 0. The van der Waals surface area contributed by atoms with Crippen molar-refractivity contribution in [1.82, 2.24) is 14.9 Å². The van der Waals surface area contributed by atoms with Crippen molar-refractivity contribution in [3.63, 3.8) is 0 Å². The molecule has 7 nitrogen and oxygen atoms in total. The lowest BCUT2D eigenvalue weighted by Gasteiger charge is -2.36. The summed E-state index contributed by atoms with van der Waals surface area (Å²) in [5.41, 5.74) is 2.62. The van der Waals surface area contributed by atoms with Gasteiger partial charge in [0.1, 0.15) is 11.4 Å². The Morgan fingerprint density at radius 2 is 1.89 bits per heavy atom. The molecule has 1 saturated heterocycles. The number of hydrogen-bond acceptors (Lipinski definition) is 7. The number of rotatable bonds is 6. The van der Waals surface area contributed by atoms with Gasteiger partial charge in [-0.2, -0.15) is 0 Å². The smallest absolute Gasteiger partial charge is 0.342 e. The molecule has 7 heteroatoms. The van der Waals surface area contributed by atoms with E-state index in [0.29, 0.717) is 11.4 Å². The number of esters is 1. The van der Waals surface area contributed by atoms with Crippen LogP contribution >= 0.6 is 0 Å². The van der Waals surface area contributed by atoms with E-state index in [1.165, 1.54) is 0 Å². The Morgan fingerprint density at radius 3 is 2.50 bits per heavy atom. The quantitative estimate of drug-likeness (QED) is 0.709. The van der Waals surface area contributed by atoms with Gasteiger partial charge in [0.05, 0.1) is 13.2 Å². The van der Waals surface area contributed by atoms with E-state index in [1.54, 1.807) is 13.3 Å². The molecule has 2 aromatic heterocycles. The largest absolute Gasteiger partial charge is 0.481 e. The van der Waals surface area contributed by atoms with Crippen molar-refractivity contribution >= 4 is 11.8 Å². The molecule has 3 rings (SSSR count). The molecule has 0 bridgehead atoms. The minimum atomic E-state index is -0.303. The summed E-state index contributed by atoms with van der Waals surface area (Å²) in [4.78, 5) is 25.9. The molecule has 0 N–H and O–H groups in total. The van der Waals surface area contributed by atoms with Crippen molar-refractivity contribution in [1.29, 1.82) is 0 Å². The Bertz CT molecular complexity index is 800. The molecule has 0 radical (unpaired) electrons. The first kappa shape index (κ1) is 20.1. The summed E-state index contributed by atoms with van der Waals surface area (Å²) in [5, 5.41) is 0. The predicted molar refractivity (Wildman–Crippen MR) is 108 cm³/mol. The number of ether oxygens (including phenoxy) is 2. The zero-order valence-corrected chi connectivity index (χ0v) is 17.0. The third kappa shape index (κ3) is 4.78. The van der Waals surface area contributed by atoms with Gasteiger partial charge >= 0.3 is 5.97 Å². The van der Waals surface area contributed by atoms with Crippen LogP contribution in [0, 0.1) is 6.92 Å². The van der Waals surface area contributed by atoms with Crippen molar-refractivity contribution in [3.8, 4) is 5.88 Å². The number of piperazine rings is 1. The zero-order valence-electron chi connectivity index (χ0n) is 17.0. The predicted octanol–water partition coefficient (Wildman–Crippen LogP) is 2.68. The van der Waals surface area contributed by atoms with Crippen molar-refractivity contribution < 1.29 is 14.3 Å². The van der Waals surface area contributed by atoms with Crippen molar-refractivity contribution in [2.24, 2.45) is 0 Å². The minimum absolute atomic E-state index is 0.157. The number of anilines is 1. The van der Waals surface area contributed by atoms with Crippen LogP contribution in [0.15, 0.2) is 30.6 Å². The molecule has 0 aromatic carbocycles. The SMILES string of the molecule is COc1ccc(CN2CCN(c3nccc(C)c3C(=O)OC(C)C)CC2)cn1. The molecule has 0 atom stereocenters. The molecule has 1 fully saturated rings. The maximum atomic E-state index is 12.6. The number of nitrogens with zero attached hydrogens (tertiary/aromatic N) is 4. The van der Waals surface area contributed by atoms with E-state index in [1.807, 2.05) is 45.2 Å². The Labute approximate surface area is 166 Å². The number of carbonyl (C=O) groups excluding carboxylic acids is 1. The molecule has 28 heavy (non-hydrogen) atoms. The third-order valence-electron chi connectivity index (χ3n) is 4.77. The Hall–Kier alpha value is -2.67. The number of pyridine rings is 2. The molecular weight excluding hydrogens is 356 g/mol. The fourth-order valence-corrected chi connectivity index (χ4v) is 3.31. The highest BCUT2D eigenvalue weighted by Gasteiger charge is 2.25. The molecule has 0 saturated carbocycles. The van der Waals surface area contributed by atoms with Gasteiger partial charge in [0.25, 0.3) is 0 Å². The van der Waals surface area contributed by atoms with Crippen LogP contribution < -0.4 is 9.64 Å². The van der Waals surface area contributed by atoms with E-state index < -0.39 is 0 Å². The van der Waals surface area contributed by atoms with Gasteiger partial charge in [-0.3, -0.25) is 4.90 Å². The highest BCUT2D eigenvalue weighted by atomic mass is 16.5. The topological polar surface area (TPSA) is 67.8 Å². The van der Waals surface area contributed by atoms with Crippen LogP contribution in [0.25, 0.3) is 0 Å². The second-order valence-corrected chi connectivity index (χ2v) is 7.25. The summed E-state index contributed by atoms with van der Waals surface area (Å²) in [6.45, 7) is 9.88. The van der Waals surface area contributed by atoms with Crippen LogP contribution in [0.2, 0.25) is 0 Å². The van der Waals surface area contributed by atoms with Crippen molar-refractivity contribution in [2.75, 3.05) is 38.2 Å². The molecule has 1 aliphatic heterocycles. The number of aryl methyl sites for hydroxylation is 1. The first-order chi connectivity index (χ1) is 13.5. The van der Waals surface area contributed by atoms with Gasteiger partial charge in [-0.1, -0.05) is 6.07 Å². The van der Waals surface area contributed by atoms with Crippen LogP contribution in [-0.2, 0) is 11.3 Å². The first-order valence-corrected chi connectivity index (χ1v) is 9.60. The Kier molecular flexibility index (Phi) is 6.46. The fraction of sp³-hybridized carbons (Fsp3) is 0.476. The molecular formula is C21H28N4O3. The lowest BCUT2D eigenvalue weighted by Crippen LogP contribution is -2.46. The minimum Gasteiger partial charge on any atom is -0.481 e. The van der Waals surface area contributed by atoms with Crippen LogP contribution in [-0.4, -0.2) is 60.2 Å². The summed E-state index contributed by atoms with van der Waals surface area (Å²) >= 11 is 0. The van der Waals surface area contributed by atoms with E-state index >= 15 is 0 Å². The molecule has 0 aliphatic carbocycles. The summed E-state index contributed by atoms with van der Waals surface area (Å²) < 4.78 is 10.5. The molecule has 1 aliphatic rings. The maximum Gasteiger partial charge on any atom is 0.342 e. The van der Waals surface area contributed by atoms with E-state index in [2.05, 4.69) is 19.8 Å². The average molecular weight is 384 g/mol. The zero-order chi connectivity index (χ0) is 20.1. The highest BCUT2D eigenvalue weighted by molar-refractivity contribution is 5.96. The first-order valence-electron chi connectivity index (χ1n) is 9.60. The summed E-state index contributed by atoms with van der Waals surface area (Å²) in [5.74, 6) is 1.04. The second-order valence-electron chi connectivity index (χ2n) is 7.25. The fourth-order valence-electron chi connectivity index (χ4n) is 3.31. The van der Waals surface area contributed by atoms with Crippen LogP contribution in [0.4, 0.5) is 5.82 Å². The lowest BCUT2D eigenvalue weighted by atomic mass is 10.1. The average Bonchev–Trinajstić information content (AvgIpc) is 2.68. The third-order valence-corrected chi connectivity index (χ3v) is 4.77. The van der Waals surface area contributed by atoms with E-state index in [-0.39, 0.29) is 12.1 Å². The maximum absolute atomic E-state index is 12.6. The summed E-state index contributed by atoms with van der Waals surface area (Å²) in [6, 6.07) is 5.78. The van der Waals surface area contributed by atoms with Gasteiger partial charge in [0, 0.05) is 51.2 Å². The van der Waals surface area contributed by atoms with Gasteiger partial charge < -0.3 is 14.4 Å². The van der Waals surface area contributed by atoms with Crippen LogP contribution in [0.5, 0.6) is 5.88 Å². The van der Waals surface area contributed by atoms with Crippen molar-refractivity contribution in [3.05, 3.63) is 47.3 Å². The Morgan fingerprint density at radius 1 is 1.14 bits per heavy atom. The normalized spacial score (nSPS) is 15.0. The molecule has 3 heterocycles. The molecule has 150 valence electrons.